The molecule has 0 aliphatic rings. The number of carbonyl (C=O) groups is 1. The van der Waals surface area contributed by atoms with Gasteiger partial charge in [0, 0.05) is 18.7 Å². The maximum Gasteiger partial charge on any atom is 0.222 e. The summed E-state index contributed by atoms with van der Waals surface area (Å²) in [7, 11) is 0. The first-order valence-corrected chi connectivity index (χ1v) is 6.94. The summed E-state index contributed by atoms with van der Waals surface area (Å²) in [4.78, 5) is 16.1. The van der Waals surface area contributed by atoms with Crippen LogP contribution in [0.5, 0.6) is 0 Å². The molecule has 2 heterocycles. The molecule has 0 saturated heterocycles. The highest BCUT2D eigenvalue weighted by atomic mass is 35.5. The lowest BCUT2D eigenvalue weighted by Crippen LogP contribution is -2.09. The van der Waals surface area contributed by atoms with E-state index in [4.69, 9.17) is 11.6 Å². The van der Waals surface area contributed by atoms with Gasteiger partial charge in [0.1, 0.15) is 17.2 Å². The number of hydrogen-bond donors (Lipinski definition) is 1. The Balaban J connectivity index is 2.25. The number of aromatic nitrogens is 2. The number of hydrogen-bond acceptors (Lipinski definition) is 2. The first kappa shape index (κ1) is 13.6. The van der Waals surface area contributed by atoms with Crippen LogP contribution >= 0.6 is 11.6 Å². The van der Waals surface area contributed by atoms with E-state index in [0.29, 0.717) is 10.8 Å². The third-order valence-electron chi connectivity index (χ3n) is 3.20. The van der Waals surface area contributed by atoms with E-state index in [2.05, 4.69) is 10.3 Å². The monoisotopic (exact) mass is 299 g/mol. The summed E-state index contributed by atoms with van der Waals surface area (Å²) in [5.41, 5.74) is 3.59. The fourth-order valence-corrected chi connectivity index (χ4v) is 2.38. The predicted molar refractivity (Wildman–Crippen MR) is 84.7 cm³/mol. The molecule has 0 saturated carbocycles. The summed E-state index contributed by atoms with van der Waals surface area (Å²) in [6.45, 7) is 3.50. The number of carbonyl (C=O) groups excluding carboxylic acids is 1. The molecule has 0 spiro atoms. The zero-order chi connectivity index (χ0) is 15.0. The van der Waals surface area contributed by atoms with Crippen molar-refractivity contribution in [2.45, 2.75) is 13.8 Å². The molecule has 0 aliphatic heterocycles. The van der Waals surface area contributed by atoms with Gasteiger partial charge < -0.3 is 5.32 Å². The molecule has 3 rings (SSSR count). The number of rotatable bonds is 2. The summed E-state index contributed by atoms with van der Waals surface area (Å²) in [6, 6.07) is 11.6. The Morgan fingerprint density at radius 1 is 1.19 bits per heavy atom. The number of anilines is 1. The van der Waals surface area contributed by atoms with Crippen molar-refractivity contribution < 1.29 is 4.79 Å². The number of aryl methyl sites for hydroxylation is 1. The second-order valence-electron chi connectivity index (χ2n) is 4.93. The molecule has 0 fully saturated rings. The van der Waals surface area contributed by atoms with Gasteiger partial charge in [0.25, 0.3) is 0 Å². The van der Waals surface area contributed by atoms with Crippen LogP contribution in [0.4, 0.5) is 5.82 Å². The average Bonchev–Trinajstić information content (AvgIpc) is 2.77. The van der Waals surface area contributed by atoms with Gasteiger partial charge in [0.15, 0.2) is 0 Å². The standard InChI is InChI=1S/C16H14ClN3O/c1-10-3-5-12(6-4-10)15-16(18-11(2)21)20-9-13(17)7-8-14(20)19-15/h3-9H,1-2H3,(H,18,21). The Kier molecular flexibility index (Phi) is 3.39. The van der Waals surface area contributed by atoms with Crippen LogP contribution in [0.25, 0.3) is 16.9 Å². The highest BCUT2D eigenvalue weighted by Gasteiger charge is 2.15. The number of benzene rings is 1. The second-order valence-corrected chi connectivity index (χ2v) is 5.37. The van der Waals surface area contributed by atoms with Gasteiger partial charge in [-0.05, 0) is 19.1 Å². The Morgan fingerprint density at radius 3 is 2.57 bits per heavy atom. The summed E-state index contributed by atoms with van der Waals surface area (Å²) >= 11 is 6.04. The van der Waals surface area contributed by atoms with Crippen molar-refractivity contribution in [3.8, 4) is 11.3 Å². The van der Waals surface area contributed by atoms with Gasteiger partial charge in [0.05, 0.1) is 5.02 Å². The van der Waals surface area contributed by atoms with Crippen LogP contribution in [0, 0.1) is 6.92 Å². The predicted octanol–water partition coefficient (Wildman–Crippen LogP) is 3.92. The minimum Gasteiger partial charge on any atom is -0.310 e. The minimum absolute atomic E-state index is 0.148. The maximum atomic E-state index is 11.5. The molecule has 4 nitrogen and oxygen atoms in total. The van der Waals surface area contributed by atoms with E-state index < -0.39 is 0 Å². The smallest absolute Gasteiger partial charge is 0.222 e. The molecule has 106 valence electrons. The van der Waals surface area contributed by atoms with Crippen molar-refractivity contribution in [3.05, 3.63) is 53.2 Å². The van der Waals surface area contributed by atoms with E-state index in [1.807, 2.05) is 37.3 Å². The highest BCUT2D eigenvalue weighted by Crippen LogP contribution is 2.29. The van der Waals surface area contributed by atoms with E-state index >= 15 is 0 Å². The van der Waals surface area contributed by atoms with Gasteiger partial charge >= 0.3 is 0 Å². The van der Waals surface area contributed by atoms with Crippen molar-refractivity contribution >= 4 is 29.0 Å². The van der Waals surface area contributed by atoms with Crippen molar-refractivity contribution in [1.29, 1.82) is 0 Å². The number of fused-ring (bicyclic) bond motifs is 1. The average molecular weight is 300 g/mol. The topological polar surface area (TPSA) is 46.4 Å². The molecule has 1 amide bonds. The van der Waals surface area contributed by atoms with Crippen LogP contribution in [-0.4, -0.2) is 15.3 Å². The molecule has 21 heavy (non-hydrogen) atoms. The summed E-state index contributed by atoms with van der Waals surface area (Å²) in [6.07, 6.45) is 1.74. The van der Waals surface area contributed by atoms with Crippen molar-refractivity contribution in [2.24, 2.45) is 0 Å². The number of imidazole rings is 1. The van der Waals surface area contributed by atoms with Crippen LogP contribution in [0.15, 0.2) is 42.6 Å². The number of nitrogens with zero attached hydrogens (tertiary/aromatic N) is 2. The molecule has 0 atom stereocenters. The number of pyridine rings is 1. The molecular weight excluding hydrogens is 286 g/mol. The van der Waals surface area contributed by atoms with Crippen LogP contribution in [0.3, 0.4) is 0 Å². The van der Waals surface area contributed by atoms with Crippen LogP contribution < -0.4 is 5.32 Å². The largest absolute Gasteiger partial charge is 0.310 e. The lowest BCUT2D eigenvalue weighted by molar-refractivity contribution is -0.114. The molecule has 5 heteroatoms. The lowest BCUT2D eigenvalue weighted by Gasteiger charge is -2.06. The van der Waals surface area contributed by atoms with Crippen LogP contribution in [0.2, 0.25) is 5.02 Å². The maximum absolute atomic E-state index is 11.5. The highest BCUT2D eigenvalue weighted by molar-refractivity contribution is 6.30. The molecule has 0 radical (unpaired) electrons. The van der Waals surface area contributed by atoms with Gasteiger partial charge in [-0.3, -0.25) is 9.20 Å². The summed E-state index contributed by atoms with van der Waals surface area (Å²) < 4.78 is 1.79. The third-order valence-corrected chi connectivity index (χ3v) is 3.43. The SMILES string of the molecule is CC(=O)Nc1c(-c2ccc(C)cc2)nc2ccc(Cl)cn12. The number of halogens is 1. The van der Waals surface area contributed by atoms with Gasteiger partial charge in [0.2, 0.25) is 5.91 Å². The van der Waals surface area contributed by atoms with Crippen molar-refractivity contribution in [2.75, 3.05) is 5.32 Å². The number of nitrogens with one attached hydrogen (secondary N) is 1. The summed E-state index contributed by atoms with van der Waals surface area (Å²) in [5, 5.41) is 3.42. The van der Waals surface area contributed by atoms with Gasteiger partial charge in [-0.2, -0.15) is 0 Å². The molecule has 2 aromatic heterocycles. The van der Waals surface area contributed by atoms with E-state index in [0.717, 1.165) is 16.9 Å². The van der Waals surface area contributed by atoms with Crippen molar-refractivity contribution in [3.63, 3.8) is 0 Å². The van der Waals surface area contributed by atoms with Gasteiger partial charge in [-0.1, -0.05) is 41.4 Å². The fourth-order valence-electron chi connectivity index (χ4n) is 2.22. The molecule has 0 unspecified atom stereocenters. The molecule has 1 N–H and O–H groups in total. The third kappa shape index (κ3) is 2.62. The molecule has 1 aromatic carbocycles. The van der Waals surface area contributed by atoms with Gasteiger partial charge in [-0.25, -0.2) is 4.98 Å². The fraction of sp³-hybridized carbons (Fsp3) is 0.125. The minimum atomic E-state index is -0.148. The van der Waals surface area contributed by atoms with Crippen LogP contribution in [-0.2, 0) is 4.79 Å². The zero-order valence-corrected chi connectivity index (χ0v) is 12.5. The second kappa shape index (κ2) is 5.22. The summed E-state index contributed by atoms with van der Waals surface area (Å²) in [5.74, 6) is 0.481. The van der Waals surface area contributed by atoms with E-state index in [-0.39, 0.29) is 5.91 Å². The van der Waals surface area contributed by atoms with Gasteiger partial charge in [-0.15, -0.1) is 0 Å². The van der Waals surface area contributed by atoms with Crippen molar-refractivity contribution in [1.82, 2.24) is 9.38 Å². The molecular formula is C16H14ClN3O. The van der Waals surface area contributed by atoms with E-state index in [1.54, 1.807) is 16.7 Å². The first-order chi connectivity index (χ1) is 10.0. The zero-order valence-electron chi connectivity index (χ0n) is 11.7. The van der Waals surface area contributed by atoms with E-state index in [1.165, 1.54) is 12.5 Å². The molecule has 0 bridgehead atoms. The Labute approximate surface area is 127 Å². The Morgan fingerprint density at radius 2 is 1.90 bits per heavy atom. The quantitative estimate of drug-likeness (QED) is 0.779. The first-order valence-electron chi connectivity index (χ1n) is 6.57. The Hall–Kier alpha value is -2.33. The lowest BCUT2D eigenvalue weighted by atomic mass is 10.1. The Bertz CT molecular complexity index is 821. The normalized spacial score (nSPS) is 10.8. The van der Waals surface area contributed by atoms with Crippen LogP contribution in [0.1, 0.15) is 12.5 Å². The molecule has 3 aromatic rings. The van der Waals surface area contributed by atoms with E-state index in [9.17, 15) is 4.79 Å². The number of amides is 1. The molecule has 0 aliphatic carbocycles.